The van der Waals surface area contributed by atoms with Gasteiger partial charge < -0.3 is 0 Å². The third-order valence-electron chi connectivity index (χ3n) is 2.94. The number of sulfone groups is 1. The first-order valence-electron chi connectivity index (χ1n) is 5.18. The maximum Gasteiger partial charge on any atom is 0.150 e. The molecule has 0 aliphatic carbocycles. The number of benzene rings is 1. The third kappa shape index (κ3) is 3.01. The van der Waals surface area contributed by atoms with Crippen LogP contribution < -0.4 is 0 Å². The molecule has 1 fully saturated rings. The van der Waals surface area contributed by atoms with Crippen molar-refractivity contribution in [2.75, 3.05) is 11.5 Å². The van der Waals surface area contributed by atoms with Crippen LogP contribution in [0, 0.1) is 11.7 Å². The lowest BCUT2D eigenvalue weighted by molar-refractivity contribution is 0.562. The molecule has 0 spiro atoms. The lowest BCUT2D eigenvalue weighted by Crippen LogP contribution is -2.11. The van der Waals surface area contributed by atoms with Crippen molar-refractivity contribution in [2.45, 2.75) is 11.8 Å². The number of rotatable bonds is 2. The predicted molar refractivity (Wildman–Crippen MR) is 69.5 cm³/mol. The minimum atomic E-state index is -2.96. The van der Waals surface area contributed by atoms with Gasteiger partial charge in [0.25, 0.3) is 0 Å². The van der Waals surface area contributed by atoms with Gasteiger partial charge in [-0.2, -0.15) is 0 Å². The van der Waals surface area contributed by atoms with Crippen molar-refractivity contribution in [1.29, 1.82) is 0 Å². The molecular formula is C11H11BrClFO2S. The van der Waals surface area contributed by atoms with Crippen molar-refractivity contribution in [1.82, 2.24) is 0 Å². The summed E-state index contributed by atoms with van der Waals surface area (Å²) in [6, 6.07) is 4.28. The van der Waals surface area contributed by atoms with E-state index in [9.17, 15) is 12.8 Å². The Morgan fingerprint density at radius 2 is 2.18 bits per heavy atom. The summed E-state index contributed by atoms with van der Waals surface area (Å²) in [6.45, 7) is 0. The Kier molecular flexibility index (Phi) is 3.80. The van der Waals surface area contributed by atoms with E-state index in [4.69, 9.17) is 11.6 Å². The standard InChI is InChI=1S/C11H11BrClFO2S/c12-10-2-1-8(14)5-9(10)11(13)7-3-4-17(15,16)6-7/h1-2,5,7,11H,3-4,6H2. The highest BCUT2D eigenvalue weighted by Crippen LogP contribution is 2.39. The second-order valence-electron chi connectivity index (χ2n) is 4.23. The summed E-state index contributed by atoms with van der Waals surface area (Å²) in [5.74, 6) is -0.243. The van der Waals surface area contributed by atoms with E-state index in [2.05, 4.69) is 15.9 Å². The monoisotopic (exact) mass is 340 g/mol. The molecular weight excluding hydrogens is 331 g/mol. The molecule has 2 nitrogen and oxygen atoms in total. The van der Waals surface area contributed by atoms with E-state index >= 15 is 0 Å². The fourth-order valence-corrected chi connectivity index (χ4v) is 5.00. The van der Waals surface area contributed by atoms with E-state index in [0.717, 1.165) is 0 Å². The van der Waals surface area contributed by atoms with Gasteiger partial charge in [0, 0.05) is 4.47 Å². The molecule has 0 saturated carbocycles. The van der Waals surface area contributed by atoms with Crippen LogP contribution >= 0.6 is 27.5 Å². The van der Waals surface area contributed by atoms with E-state index in [1.54, 1.807) is 6.07 Å². The molecule has 17 heavy (non-hydrogen) atoms. The zero-order valence-corrected chi connectivity index (χ0v) is 12.0. The highest BCUT2D eigenvalue weighted by atomic mass is 79.9. The topological polar surface area (TPSA) is 34.1 Å². The lowest BCUT2D eigenvalue weighted by Gasteiger charge is -2.17. The molecule has 0 aromatic heterocycles. The molecule has 0 bridgehead atoms. The van der Waals surface area contributed by atoms with Crippen molar-refractivity contribution in [3.05, 3.63) is 34.1 Å². The lowest BCUT2D eigenvalue weighted by atomic mass is 9.98. The molecule has 94 valence electrons. The van der Waals surface area contributed by atoms with Gasteiger partial charge in [-0.15, -0.1) is 11.6 Å². The Hall–Kier alpha value is -0.130. The molecule has 2 rings (SSSR count). The normalized spacial score (nSPS) is 24.8. The quantitative estimate of drug-likeness (QED) is 0.774. The number of hydrogen-bond acceptors (Lipinski definition) is 2. The van der Waals surface area contributed by atoms with Crippen LogP contribution in [0.5, 0.6) is 0 Å². The maximum atomic E-state index is 13.1. The first-order chi connectivity index (χ1) is 7.89. The molecule has 0 N–H and O–H groups in total. The molecule has 1 heterocycles. The van der Waals surface area contributed by atoms with Crippen LogP contribution in [0.25, 0.3) is 0 Å². The minimum absolute atomic E-state index is 0.0874. The third-order valence-corrected chi connectivity index (χ3v) is 6.04. The van der Waals surface area contributed by atoms with Crippen LogP contribution in [0.4, 0.5) is 4.39 Å². The second-order valence-corrected chi connectivity index (χ2v) is 7.78. The number of halogens is 3. The van der Waals surface area contributed by atoms with Crippen molar-refractivity contribution in [2.24, 2.45) is 5.92 Å². The molecule has 2 unspecified atom stereocenters. The minimum Gasteiger partial charge on any atom is -0.229 e. The average Bonchev–Trinajstić information content (AvgIpc) is 2.61. The predicted octanol–water partition coefficient (Wildman–Crippen LogP) is 3.30. The summed E-state index contributed by atoms with van der Waals surface area (Å²) in [5, 5.41) is -0.475. The van der Waals surface area contributed by atoms with Crippen LogP contribution in [-0.2, 0) is 9.84 Å². The molecule has 0 radical (unpaired) electrons. The fraction of sp³-hybridized carbons (Fsp3) is 0.455. The van der Waals surface area contributed by atoms with E-state index in [1.807, 2.05) is 0 Å². The van der Waals surface area contributed by atoms with E-state index in [0.29, 0.717) is 16.5 Å². The Balaban J connectivity index is 2.26. The Labute approximate surface area is 113 Å². The second kappa shape index (κ2) is 4.86. The zero-order valence-electron chi connectivity index (χ0n) is 8.87. The molecule has 2 atom stereocenters. The summed E-state index contributed by atoms with van der Waals surface area (Å²) in [5.41, 5.74) is 0.619. The molecule has 1 aliphatic rings. The average molecular weight is 342 g/mol. The van der Waals surface area contributed by atoms with Gasteiger partial charge in [-0.3, -0.25) is 0 Å². The van der Waals surface area contributed by atoms with Gasteiger partial charge in [-0.25, -0.2) is 12.8 Å². The summed E-state index contributed by atoms with van der Waals surface area (Å²) >= 11 is 9.56. The first kappa shape index (κ1) is 13.3. The van der Waals surface area contributed by atoms with Crippen molar-refractivity contribution in [3.8, 4) is 0 Å². The van der Waals surface area contributed by atoms with Crippen molar-refractivity contribution in [3.63, 3.8) is 0 Å². The van der Waals surface area contributed by atoms with E-state index in [-0.39, 0.29) is 23.2 Å². The van der Waals surface area contributed by atoms with Crippen LogP contribution in [0.15, 0.2) is 22.7 Å². The zero-order chi connectivity index (χ0) is 12.6. The van der Waals surface area contributed by atoms with Gasteiger partial charge in [-0.1, -0.05) is 15.9 Å². The maximum absolute atomic E-state index is 13.1. The summed E-state index contributed by atoms with van der Waals surface area (Å²) in [7, 11) is -2.96. The van der Waals surface area contributed by atoms with Crippen LogP contribution in [0.2, 0.25) is 0 Å². The largest absolute Gasteiger partial charge is 0.229 e. The molecule has 1 aliphatic heterocycles. The Morgan fingerprint density at radius 1 is 1.47 bits per heavy atom. The first-order valence-corrected chi connectivity index (χ1v) is 8.23. The highest BCUT2D eigenvalue weighted by Gasteiger charge is 2.34. The van der Waals surface area contributed by atoms with Gasteiger partial charge in [0.15, 0.2) is 9.84 Å². The Bertz CT molecular complexity index is 532. The van der Waals surface area contributed by atoms with Crippen molar-refractivity contribution >= 4 is 37.4 Å². The summed E-state index contributed by atoms with van der Waals surface area (Å²) in [6.07, 6.45) is 0.541. The van der Waals surface area contributed by atoms with Gasteiger partial charge in [0.1, 0.15) is 5.82 Å². The van der Waals surface area contributed by atoms with Crippen LogP contribution in [-0.4, -0.2) is 19.9 Å². The van der Waals surface area contributed by atoms with Gasteiger partial charge in [-0.05, 0) is 36.1 Å². The molecule has 1 saturated heterocycles. The van der Waals surface area contributed by atoms with Gasteiger partial charge in [0.2, 0.25) is 0 Å². The van der Waals surface area contributed by atoms with Crippen LogP contribution in [0.3, 0.4) is 0 Å². The van der Waals surface area contributed by atoms with E-state index in [1.165, 1.54) is 12.1 Å². The molecule has 1 aromatic rings. The highest BCUT2D eigenvalue weighted by molar-refractivity contribution is 9.10. The number of alkyl halides is 1. The van der Waals surface area contributed by atoms with Gasteiger partial charge in [0.05, 0.1) is 16.9 Å². The SMILES string of the molecule is O=S1(=O)CCC(C(Cl)c2cc(F)ccc2Br)C1. The molecule has 0 amide bonds. The summed E-state index contributed by atoms with van der Waals surface area (Å²) in [4.78, 5) is 0. The molecule has 6 heteroatoms. The van der Waals surface area contributed by atoms with Crippen LogP contribution in [0.1, 0.15) is 17.4 Å². The number of hydrogen-bond donors (Lipinski definition) is 0. The summed E-state index contributed by atoms with van der Waals surface area (Å²) < 4.78 is 36.6. The molecule has 1 aromatic carbocycles. The fourth-order valence-electron chi connectivity index (χ4n) is 2.03. The van der Waals surface area contributed by atoms with Crippen molar-refractivity contribution < 1.29 is 12.8 Å². The smallest absolute Gasteiger partial charge is 0.150 e. The van der Waals surface area contributed by atoms with E-state index < -0.39 is 15.2 Å². The Morgan fingerprint density at radius 3 is 2.76 bits per heavy atom. The van der Waals surface area contributed by atoms with Gasteiger partial charge >= 0.3 is 0 Å².